The van der Waals surface area contributed by atoms with Crippen LogP contribution in [0.25, 0.3) is 0 Å². The van der Waals surface area contributed by atoms with Gasteiger partial charge >= 0.3 is 18.3 Å². The molecule has 9 heteroatoms. The van der Waals surface area contributed by atoms with E-state index in [0.29, 0.717) is 6.92 Å². The lowest BCUT2D eigenvalue weighted by atomic mass is 9.84. The molecule has 0 aromatic carbocycles. The predicted molar refractivity (Wildman–Crippen MR) is 46.0 cm³/mol. The fourth-order valence-corrected chi connectivity index (χ4v) is 1.09. The number of carbonyl (C=O) groups excluding carboxylic acids is 1. The molecule has 106 valence electrons. The molecule has 0 aliphatic rings. The Bertz CT molecular complexity index is 315. The highest BCUT2D eigenvalue weighted by molar-refractivity contribution is 5.85. The lowest BCUT2D eigenvalue weighted by molar-refractivity contribution is -0.350. The quantitative estimate of drug-likeness (QED) is 0.448. The molecule has 0 N–H and O–H groups in total. The van der Waals surface area contributed by atoms with E-state index in [1.807, 2.05) is 0 Å². The first-order chi connectivity index (χ1) is 7.89. The zero-order valence-corrected chi connectivity index (χ0v) is 9.08. The minimum Gasteiger partial charge on any atom is -0.459 e. The van der Waals surface area contributed by atoms with Crippen LogP contribution >= 0.6 is 0 Å². The van der Waals surface area contributed by atoms with Gasteiger partial charge in [-0.1, -0.05) is 13.5 Å². The van der Waals surface area contributed by atoms with Crippen LogP contribution in [0.1, 0.15) is 13.3 Å². The van der Waals surface area contributed by atoms with Crippen LogP contribution in [0.5, 0.6) is 0 Å². The Morgan fingerprint density at radius 1 is 1.11 bits per heavy atom. The first kappa shape index (κ1) is 16.7. The Balaban J connectivity index is 5.25. The monoisotopic (exact) mass is 282 g/mol. The molecule has 0 bridgehead atoms. The van der Waals surface area contributed by atoms with Gasteiger partial charge in [-0.3, -0.25) is 0 Å². The smallest absolute Gasteiger partial charge is 0.406 e. The number of halogens is 7. The lowest BCUT2D eigenvalue weighted by Gasteiger charge is -2.35. The van der Waals surface area contributed by atoms with Crippen molar-refractivity contribution < 1.29 is 40.3 Å². The van der Waals surface area contributed by atoms with E-state index in [2.05, 4.69) is 11.3 Å². The van der Waals surface area contributed by atoms with E-state index < -0.39 is 42.6 Å². The Morgan fingerprint density at radius 3 is 1.72 bits per heavy atom. The number of carbonyl (C=O) groups is 1. The predicted octanol–water partition coefficient (Wildman–Crippen LogP) is 3.53. The van der Waals surface area contributed by atoms with Crippen molar-refractivity contribution in [1.82, 2.24) is 0 Å². The maximum atomic E-state index is 12.5. The van der Waals surface area contributed by atoms with Crippen molar-refractivity contribution in [3.8, 4) is 0 Å². The van der Waals surface area contributed by atoms with Gasteiger partial charge in [0, 0.05) is 0 Å². The van der Waals surface area contributed by atoms with Crippen molar-refractivity contribution >= 4 is 5.97 Å². The van der Waals surface area contributed by atoms with Crippen molar-refractivity contribution in [2.45, 2.75) is 25.7 Å². The Morgan fingerprint density at radius 2 is 1.50 bits per heavy atom. The number of esters is 1. The Kier molecular flexibility index (Phi) is 4.78. The molecule has 2 nitrogen and oxygen atoms in total. The lowest BCUT2D eigenvalue weighted by Crippen LogP contribution is -2.53. The van der Waals surface area contributed by atoms with E-state index in [9.17, 15) is 35.5 Å². The maximum Gasteiger partial charge on any atom is 0.406 e. The summed E-state index contributed by atoms with van der Waals surface area (Å²) in [5, 5.41) is 0. The second kappa shape index (κ2) is 5.15. The molecule has 0 spiro atoms. The van der Waals surface area contributed by atoms with Crippen LogP contribution < -0.4 is 0 Å². The van der Waals surface area contributed by atoms with Crippen molar-refractivity contribution in [2.24, 2.45) is 5.41 Å². The summed E-state index contributed by atoms with van der Waals surface area (Å²) >= 11 is 0. The third-order valence-corrected chi connectivity index (χ3v) is 2.36. The molecule has 0 amide bonds. The van der Waals surface area contributed by atoms with Crippen LogP contribution in [-0.2, 0) is 9.53 Å². The number of alkyl halides is 6. The molecule has 18 heavy (non-hydrogen) atoms. The van der Waals surface area contributed by atoms with Crippen LogP contribution in [0.3, 0.4) is 0 Å². The Labute approximate surface area is 97.4 Å². The molecule has 0 saturated heterocycles. The maximum absolute atomic E-state index is 12.5. The van der Waals surface area contributed by atoms with Gasteiger partial charge in [0.1, 0.15) is 6.61 Å². The van der Waals surface area contributed by atoms with E-state index in [1.54, 1.807) is 0 Å². The molecular formula is C9H9F7O2. The zero-order valence-electron chi connectivity index (χ0n) is 9.08. The molecule has 0 aromatic rings. The van der Waals surface area contributed by atoms with E-state index in [0.717, 1.165) is 0 Å². The first-order valence-corrected chi connectivity index (χ1v) is 4.54. The summed E-state index contributed by atoms with van der Waals surface area (Å²) in [6.07, 6.45) is -12.8. The van der Waals surface area contributed by atoms with Crippen LogP contribution in [0.2, 0.25) is 0 Å². The second-order valence-corrected chi connectivity index (χ2v) is 3.41. The number of rotatable bonds is 4. The van der Waals surface area contributed by atoms with Crippen LogP contribution in [0.4, 0.5) is 30.7 Å². The summed E-state index contributed by atoms with van der Waals surface area (Å²) in [5.74, 6) is -3.73. The molecule has 0 aromatic heterocycles. The van der Waals surface area contributed by atoms with Gasteiger partial charge < -0.3 is 4.74 Å². The summed E-state index contributed by atoms with van der Waals surface area (Å²) in [7, 11) is 0. The standard InChI is InChI=1S/C9H9F7O2/c1-3-7(8(11,12)13,9(14,15)16)4-18-6(17)5(2)10/h2-4H2,1H3. The highest BCUT2D eigenvalue weighted by Crippen LogP contribution is 2.52. The van der Waals surface area contributed by atoms with E-state index in [1.165, 1.54) is 0 Å². The van der Waals surface area contributed by atoms with E-state index in [-0.39, 0.29) is 0 Å². The molecule has 0 rings (SSSR count). The van der Waals surface area contributed by atoms with Gasteiger partial charge in [0.25, 0.3) is 0 Å². The van der Waals surface area contributed by atoms with Gasteiger partial charge in [-0.05, 0) is 6.42 Å². The summed E-state index contributed by atoms with van der Waals surface area (Å²) in [6.45, 7) is 0.997. The summed E-state index contributed by atoms with van der Waals surface area (Å²) in [4.78, 5) is 10.5. The topological polar surface area (TPSA) is 26.3 Å². The summed E-state index contributed by atoms with van der Waals surface area (Å²) in [5.41, 5.74) is -4.22. The van der Waals surface area contributed by atoms with Crippen LogP contribution in [0.15, 0.2) is 12.4 Å². The molecule has 0 saturated carbocycles. The average Bonchev–Trinajstić information content (AvgIpc) is 2.14. The summed E-state index contributed by atoms with van der Waals surface area (Å²) in [6, 6.07) is 0. The zero-order chi connectivity index (χ0) is 14.8. The van der Waals surface area contributed by atoms with Crippen molar-refractivity contribution in [3.63, 3.8) is 0 Å². The first-order valence-electron chi connectivity index (χ1n) is 4.54. The third-order valence-electron chi connectivity index (χ3n) is 2.36. The highest BCUT2D eigenvalue weighted by Gasteiger charge is 2.70. The van der Waals surface area contributed by atoms with Crippen molar-refractivity contribution in [1.29, 1.82) is 0 Å². The normalized spacial score (nSPS) is 13.3. The average molecular weight is 282 g/mol. The van der Waals surface area contributed by atoms with Gasteiger partial charge in [0.15, 0.2) is 5.41 Å². The van der Waals surface area contributed by atoms with Crippen molar-refractivity contribution in [2.75, 3.05) is 6.61 Å². The Hall–Kier alpha value is -1.28. The number of hydrogen-bond donors (Lipinski definition) is 0. The fourth-order valence-electron chi connectivity index (χ4n) is 1.09. The largest absolute Gasteiger partial charge is 0.459 e. The fraction of sp³-hybridized carbons (Fsp3) is 0.667. The molecule has 0 aliphatic carbocycles. The molecule has 0 unspecified atom stereocenters. The molecule has 0 aliphatic heterocycles. The molecule has 0 heterocycles. The van der Waals surface area contributed by atoms with Gasteiger partial charge in [0.05, 0.1) is 0 Å². The van der Waals surface area contributed by atoms with E-state index >= 15 is 0 Å². The minimum atomic E-state index is -5.68. The number of ether oxygens (including phenoxy) is 1. The van der Waals surface area contributed by atoms with Crippen LogP contribution in [0, 0.1) is 5.41 Å². The van der Waals surface area contributed by atoms with Gasteiger partial charge in [-0.2, -0.15) is 30.7 Å². The van der Waals surface area contributed by atoms with Gasteiger partial charge in [-0.15, -0.1) is 0 Å². The van der Waals surface area contributed by atoms with Gasteiger partial charge in [0.2, 0.25) is 5.83 Å². The molecule has 0 fully saturated rings. The molecular weight excluding hydrogens is 273 g/mol. The second-order valence-electron chi connectivity index (χ2n) is 3.41. The molecule has 0 atom stereocenters. The minimum absolute atomic E-state index is 0.638. The molecule has 0 radical (unpaired) electrons. The van der Waals surface area contributed by atoms with Crippen molar-refractivity contribution in [3.05, 3.63) is 12.4 Å². The van der Waals surface area contributed by atoms with E-state index in [4.69, 9.17) is 0 Å². The third kappa shape index (κ3) is 3.14. The number of hydrogen-bond acceptors (Lipinski definition) is 2. The summed E-state index contributed by atoms with van der Waals surface area (Å²) < 4.78 is 90.8. The van der Waals surface area contributed by atoms with Gasteiger partial charge in [-0.25, -0.2) is 4.79 Å². The highest BCUT2D eigenvalue weighted by atomic mass is 19.4. The van der Waals surface area contributed by atoms with Crippen LogP contribution in [-0.4, -0.2) is 24.9 Å². The SMILES string of the molecule is C=C(F)C(=O)OCC(CC)(C(F)(F)F)C(F)(F)F.